The summed E-state index contributed by atoms with van der Waals surface area (Å²) in [6.45, 7) is 7.27. The Kier molecular flexibility index (Phi) is 6.25. The maximum atomic E-state index is 5.25. The summed E-state index contributed by atoms with van der Waals surface area (Å²) < 4.78 is 5.25. The fraction of sp³-hybridized carbons (Fsp3) is 0.636. The van der Waals surface area contributed by atoms with Crippen molar-refractivity contribution in [3.63, 3.8) is 0 Å². The predicted molar refractivity (Wildman–Crippen MR) is 65.8 cm³/mol. The van der Waals surface area contributed by atoms with Crippen molar-refractivity contribution in [1.82, 2.24) is 9.97 Å². The minimum Gasteiger partial charge on any atom is -0.382 e. The second-order valence-corrected chi connectivity index (χ2v) is 3.27. The van der Waals surface area contributed by atoms with Crippen molar-refractivity contribution in [2.24, 2.45) is 0 Å². The van der Waals surface area contributed by atoms with E-state index in [0.29, 0.717) is 5.95 Å². The number of ether oxygens (including phenoxy) is 1. The van der Waals surface area contributed by atoms with E-state index < -0.39 is 0 Å². The summed E-state index contributed by atoms with van der Waals surface area (Å²) in [6.07, 6.45) is 2.73. The van der Waals surface area contributed by atoms with Gasteiger partial charge in [-0.05, 0) is 26.3 Å². The van der Waals surface area contributed by atoms with Crippen LogP contribution in [-0.2, 0) is 4.74 Å². The minimum atomic E-state index is 0.664. The zero-order valence-corrected chi connectivity index (χ0v) is 9.99. The smallest absolute Gasteiger partial charge is 0.224 e. The van der Waals surface area contributed by atoms with Crippen LogP contribution in [0.25, 0.3) is 0 Å². The van der Waals surface area contributed by atoms with Crippen molar-refractivity contribution in [3.8, 4) is 0 Å². The lowest BCUT2D eigenvalue weighted by Crippen LogP contribution is -2.09. The van der Waals surface area contributed by atoms with E-state index in [0.717, 1.165) is 38.5 Å². The van der Waals surface area contributed by atoms with Crippen LogP contribution in [-0.4, -0.2) is 36.3 Å². The second kappa shape index (κ2) is 7.87. The van der Waals surface area contributed by atoms with Crippen molar-refractivity contribution in [2.75, 3.05) is 36.9 Å². The van der Waals surface area contributed by atoms with Gasteiger partial charge in [0.1, 0.15) is 5.82 Å². The van der Waals surface area contributed by atoms with Gasteiger partial charge in [0.15, 0.2) is 0 Å². The highest BCUT2D eigenvalue weighted by Crippen LogP contribution is 2.04. The van der Waals surface area contributed by atoms with E-state index in [1.165, 1.54) is 0 Å². The lowest BCUT2D eigenvalue weighted by atomic mass is 10.4. The SMILES string of the molecule is CCNc1nccc(NCCCOCC)n1. The molecule has 0 aliphatic carbocycles. The van der Waals surface area contributed by atoms with E-state index in [4.69, 9.17) is 4.74 Å². The Balaban J connectivity index is 2.27. The molecule has 0 aliphatic heterocycles. The molecular formula is C11H20N4O. The molecule has 0 bridgehead atoms. The van der Waals surface area contributed by atoms with Crippen LogP contribution < -0.4 is 10.6 Å². The third-order valence-corrected chi connectivity index (χ3v) is 1.97. The van der Waals surface area contributed by atoms with Gasteiger partial charge >= 0.3 is 0 Å². The average molecular weight is 224 g/mol. The standard InChI is InChI=1S/C11H20N4O/c1-3-12-11-14-8-6-10(15-11)13-7-5-9-16-4-2/h6,8H,3-5,7,9H2,1-2H3,(H2,12,13,14,15). The van der Waals surface area contributed by atoms with Gasteiger partial charge in [-0.2, -0.15) is 4.98 Å². The van der Waals surface area contributed by atoms with Crippen LogP contribution in [0.1, 0.15) is 20.3 Å². The van der Waals surface area contributed by atoms with Crippen LogP contribution in [0.15, 0.2) is 12.3 Å². The zero-order chi connectivity index (χ0) is 11.6. The number of rotatable bonds is 8. The summed E-state index contributed by atoms with van der Waals surface area (Å²) in [4.78, 5) is 8.41. The molecule has 90 valence electrons. The Morgan fingerprint density at radius 3 is 2.94 bits per heavy atom. The topological polar surface area (TPSA) is 59.1 Å². The Morgan fingerprint density at radius 2 is 2.19 bits per heavy atom. The largest absolute Gasteiger partial charge is 0.382 e. The van der Waals surface area contributed by atoms with Gasteiger partial charge in [-0.3, -0.25) is 0 Å². The number of anilines is 2. The first-order chi connectivity index (χ1) is 7.86. The monoisotopic (exact) mass is 224 g/mol. The molecule has 0 fully saturated rings. The number of nitrogens with zero attached hydrogens (tertiary/aromatic N) is 2. The van der Waals surface area contributed by atoms with Crippen LogP contribution in [0.2, 0.25) is 0 Å². The lowest BCUT2D eigenvalue weighted by molar-refractivity contribution is 0.147. The molecule has 0 atom stereocenters. The molecule has 16 heavy (non-hydrogen) atoms. The van der Waals surface area contributed by atoms with Crippen LogP contribution in [0.3, 0.4) is 0 Å². The highest BCUT2D eigenvalue weighted by molar-refractivity contribution is 5.39. The second-order valence-electron chi connectivity index (χ2n) is 3.27. The highest BCUT2D eigenvalue weighted by atomic mass is 16.5. The molecule has 0 spiro atoms. The average Bonchev–Trinajstić information content (AvgIpc) is 2.30. The normalized spacial score (nSPS) is 10.1. The molecule has 2 N–H and O–H groups in total. The molecule has 0 aromatic carbocycles. The first-order valence-electron chi connectivity index (χ1n) is 5.75. The summed E-state index contributed by atoms with van der Waals surface area (Å²) in [6, 6.07) is 1.86. The van der Waals surface area contributed by atoms with Crippen LogP contribution in [0.5, 0.6) is 0 Å². The van der Waals surface area contributed by atoms with Gasteiger partial charge in [-0.25, -0.2) is 4.98 Å². The third kappa shape index (κ3) is 4.93. The molecular weight excluding hydrogens is 204 g/mol. The molecule has 5 nitrogen and oxygen atoms in total. The Bertz CT molecular complexity index is 293. The summed E-state index contributed by atoms with van der Waals surface area (Å²) in [7, 11) is 0. The van der Waals surface area contributed by atoms with Gasteiger partial charge in [0.25, 0.3) is 0 Å². The van der Waals surface area contributed by atoms with Crippen LogP contribution in [0, 0.1) is 0 Å². The summed E-state index contributed by atoms with van der Waals surface area (Å²) in [5, 5.41) is 6.30. The van der Waals surface area contributed by atoms with Crippen molar-refractivity contribution in [2.45, 2.75) is 20.3 Å². The summed E-state index contributed by atoms with van der Waals surface area (Å²) >= 11 is 0. The maximum absolute atomic E-state index is 5.25. The minimum absolute atomic E-state index is 0.664. The fourth-order valence-corrected chi connectivity index (χ4v) is 1.24. The van der Waals surface area contributed by atoms with Gasteiger partial charge in [0.05, 0.1) is 0 Å². The van der Waals surface area contributed by atoms with Crippen molar-refractivity contribution in [1.29, 1.82) is 0 Å². The molecule has 1 aromatic heterocycles. The van der Waals surface area contributed by atoms with Gasteiger partial charge < -0.3 is 15.4 Å². The molecule has 0 amide bonds. The van der Waals surface area contributed by atoms with Gasteiger partial charge in [0.2, 0.25) is 5.95 Å². The molecule has 0 radical (unpaired) electrons. The van der Waals surface area contributed by atoms with E-state index in [2.05, 4.69) is 20.6 Å². The molecule has 0 unspecified atom stereocenters. The Morgan fingerprint density at radius 1 is 1.31 bits per heavy atom. The Hall–Kier alpha value is -1.36. The van der Waals surface area contributed by atoms with Gasteiger partial charge in [0, 0.05) is 32.5 Å². The van der Waals surface area contributed by atoms with E-state index in [1.807, 2.05) is 19.9 Å². The van der Waals surface area contributed by atoms with Crippen LogP contribution >= 0.6 is 0 Å². The maximum Gasteiger partial charge on any atom is 0.224 e. The summed E-state index contributed by atoms with van der Waals surface area (Å²) in [5.74, 6) is 1.51. The van der Waals surface area contributed by atoms with Gasteiger partial charge in [-0.15, -0.1) is 0 Å². The zero-order valence-electron chi connectivity index (χ0n) is 9.99. The first-order valence-corrected chi connectivity index (χ1v) is 5.75. The third-order valence-electron chi connectivity index (χ3n) is 1.97. The quantitative estimate of drug-likeness (QED) is 0.659. The molecule has 0 saturated carbocycles. The van der Waals surface area contributed by atoms with Crippen molar-refractivity contribution >= 4 is 11.8 Å². The molecule has 1 aromatic rings. The molecule has 1 rings (SSSR count). The molecule has 5 heteroatoms. The van der Waals surface area contributed by atoms with E-state index in [9.17, 15) is 0 Å². The van der Waals surface area contributed by atoms with E-state index in [-0.39, 0.29) is 0 Å². The summed E-state index contributed by atoms with van der Waals surface area (Å²) in [5.41, 5.74) is 0. The number of hydrogen-bond acceptors (Lipinski definition) is 5. The van der Waals surface area contributed by atoms with Crippen molar-refractivity contribution in [3.05, 3.63) is 12.3 Å². The first kappa shape index (κ1) is 12.7. The highest BCUT2D eigenvalue weighted by Gasteiger charge is 1.96. The van der Waals surface area contributed by atoms with Gasteiger partial charge in [-0.1, -0.05) is 0 Å². The molecule has 1 heterocycles. The van der Waals surface area contributed by atoms with E-state index >= 15 is 0 Å². The van der Waals surface area contributed by atoms with Crippen LogP contribution in [0.4, 0.5) is 11.8 Å². The molecule has 0 saturated heterocycles. The molecule has 0 aliphatic rings. The number of hydrogen-bond donors (Lipinski definition) is 2. The Labute approximate surface area is 96.6 Å². The number of nitrogens with one attached hydrogen (secondary N) is 2. The van der Waals surface area contributed by atoms with E-state index in [1.54, 1.807) is 6.20 Å². The number of aromatic nitrogens is 2. The predicted octanol–water partition coefficient (Wildman–Crippen LogP) is 1.75. The fourth-order valence-electron chi connectivity index (χ4n) is 1.24. The lowest BCUT2D eigenvalue weighted by Gasteiger charge is -2.07. The van der Waals surface area contributed by atoms with Crippen molar-refractivity contribution < 1.29 is 4.74 Å².